The van der Waals surface area contributed by atoms with Gasteiger partial charge in [0, 0.05) is 51.5 Å². The highest BCUT2D eigenvalue weighted by molar-refractivity contribution is 7.93. The Morgan fingerprint density at radius 1 is 1.06 bits per heavy atom. The van der Waals surface area contributed by atoms with E-state index in [4.69, 9.17) is 9.20 Å². The van der Waals surface area contributed by atoms with E-state index in [1.54, 1.807) is 0 Å². The molecule has 16 heteroatoms. The zero-order valence-electron chi connectivity index (χ0n) is 18.2. The Morgan fingerprint density at radius 2 is 1.75 bits per heavy atom. The second kappa shape index (κ2) is 9.74. The third-order valence-corrected chi connectivity index (χ3v) is 8.95. The molecule has 1 fully saturated rings. The van der Waals surface area contributed by atoms with Gasteiger partial charge in [-0.3, -0.25) is 9.08 Å². The fourth-order valence-corrected chi connectivity index (χ4v) is 6.53. The van der Waals surface area contributed by atoms with Crippen molar-refractivity contribution in [3.05, 3.63) is 65.3 Å². The average molecular weight is 552 g/mol. The molecule has 1 saturated heterocycles. The van der Waals surface area contributed by atoms with E-state index < -0.39 is 67.8 Å². The van der Waals surface area contributed by atoms with E-state index in [0.717, 1.165) is 28.6 Å². The summed E-state index contributed by atoms with van der Waals surface area (Å²) < 4.78 is 122. The molecule has 1 aliphatic heterocycles. The van der Waals surface area contributed by atoms with E-state index in [2.05, 4.69) is 10.2 Å². The zero-order valence-corrected chi connectivity index (χ0v) is 19.8. The summed E-state index contributed by atoms with van der Waals surface area (Å²) in [7, 11) is -7.56. The van der Waals surface area contributed by atoms with Gasteiger partial charge in [-0.2, -0.15) is 21.5 Å². The molecule has 0 saturated carbocycles. The highest BCUT2D eigenvalue weighted by Crippen LogP contribution is 2.30. The van der Waals surface area contributed by atoms with Crippen molar-refractivity contribution in [1.29, 1.82) is 4.78 Å². The number of nitrogens with zero attached hydrogens (tertiary/aromatic N) is 4. The van der Waals surface area contributed by atoms with Crippen LogP contribution in [0.15, 0.2) is 40.8 Å². The van der Waals surface area contributed by atoms with E-state index >= 15 is 0 Å². The third kappa shape index (κ3) is 5.34. The summed E-state index contributed by atoms with van der Waals surface area (Å²) >= 11 is 0. The van der Waals surface area contributed by atoms with Gasteiger partial charge in [0.05, 0.1) is 12.2 Å². The Bertz CT molecular complexity index is 1480. The summed E-state index contributed by atoms with van der Waals surface area (Å²) in [5.74, 6) is -4.91. The summed E-state index contributed by atoms with van der Waals surface area (Å²) in [5, 5.41) is 6.57. The number of nitrogens with one attached hydrogen (secondary N) is 1. The summed E-state index contributed by atoms with van der Waals surface area (Å²) in [6.45, 7) is -1.38. The normalized spacial score (nSPS) is 16.4. The summed E-state index contributed by atoms with van der Waals surface area (Å²) in [6, 6.07) is 5.32. The van der Waals surface area contributed by atoms with Gasteiger partial charge >= 0.3 is 16.6 Å². The predicted octanol–water partition coefficient (Wildman–Crippen LogP) is 3.71. The van der Waals surface area contributed by atoms with Gasteiger partial charge in [0.25, 0.3) is 5.89 Å². The lowest BCUT2D eigenvalue weighted by atomic mass is 10.1. The first-order valence-electron chi connectivity index (χ1n) is 10.2. The summed E-state index contributed by atoms with van der Waals surface area (Å²) in [5.41, 5.74) is -1.02. The Hall–Kier alpha value is -3.11. The van der Waals surface area contributed by atoms with Crippen molar-refractivity contribution in [3.63, 3.8) is 0 Å². The van der Waals surface area contributed by atoms with Crippen LogP contribution < -0.4 is 4.31 Å². The van der Waals surface area contributed by atoms with Crippen LogP contribution in [0, 0.1) is 22.2 Å². The number of benzene rings is 2. The van der Waals surface area contributed by atoms with Gasteiger partial charge in [-0.1, -0.05) is 6.07 Å². The van der Waals surface area contributed by atoms with Crippen molar-refractivity contribution < 1.29 is 39.0 Å². The molecule has 0 atom stereocenters. The monoisotopic (exact) mass is 551 g/mol. The van der Waals surface area contributed by atoms with Crippen LogP contribution in [0.1, 0.15) is 17.9 Å². The molecule has 36 heavy (non-hydrogen) atoms. The maximum Gasteiger partial charge on any atom is 0.314 e. The zero-order chi connectivity index (χ0) is 26.3. The van der Waals surface area contributed by atoms with Crippen molar-refractivity contribution in [3.8, 4) is 11.5 Å². The van der Waals surface area contributed by atoms with E-state index in [1.165, 1.54) is 6.07 Å². The summed E-state index contributed by atoms with van der Waals surface area (Å²) in [6.07, 6.45) is -3.03. The molecule has 2 aromatic carbocycles. The van der Waals surface area contributed by atoms with E-state index in [9.17, 15) is 34.6 Å². The Kier molecular flexibility index (Phi) is 7.03. The number of aromatic nitrogens is 2. The van der Waals surface area contributed by atoms with Crippen LogP contribution in [-0.4, -0.2) is 51.7 Å². The molecule has 9 nitrogen and oxygen atoms in total. The van der Waals surface area contributed by atoms with Crippen molar-refractivity contribution >= 4 is 25.6 Å². The molecule has 1 aromatic heterocycles. The lowest BCUT2D eigenvalue weighted by molar-refractivity contribution is 0.116. The van der Waals surface area contributed by atoms with Crippen LogP contribution >= 0.6 is 0 Å². The van der Waals surface area contributed by atoms with Crippen molar-refractivity contribution in [1.82, 2.24) is 14.5 Å². The molecule has 0 amide bonds. The molecule has 2 heterocycles. The number of anilines is 1. The molecule has 0 spiro atoms. The number of halogens is 5. The lowest BCUT2D eigenvalue weighted by Gasteiger charge is -2.34. The topological polar surface area (TPSA) is 120 Å². The van der Waals surface area contributed by atoms with Gasteiger partial charge < -0.3 is 4.42 Å². The fourth-order valence-electron chi connectivity index (χ4n) is 3.45. The van der Waals surface area contributed by atoms with Crippen LogP contribution in [-0.2, 0) is 26.5 Å². The standard InChI is InChI=1S/C20H18F5N5O4S2/c21-14-3-4-15(22)17(10-14)30(36(32,33)29-5-7-35(26,31)8-6-29)11-13-2-1-12(9-16(13)23)19-27-28-20(34-19)18(24)25/h1-4,9-10,18,26H,5-8,11H2. The fraction of sp³-hybridized carbons (Fsp3) is 0.300. The Morgan fingerprint density at radius 3 is 2.36 bits per heavy atom. The van der Waals surface area contributed by atoms with Gasteiger partial charge in [0.1, 0.15) is 17.5 Å². The van der Waals surface area contributed by atoms with Crippen LogP contribution in [0.2, 0.25) is 0 Å². The van der Waals surface area contributed by atoms with Gasteiger partial charge in [-0.15, -0.1) is 10.2 Å². The molecule has 0 unspecified atom stereocenters. The minimum absolute atomic E-state index is 0.0665. The van der Waals surface area contributed by atoms with Crippen LogP contribution in [0.3, 0.4) is 0 Å². The number of rotatable bonds is 7. The first-order chi connectivity index (χ1) is 16.9. The molecule has 194 valence electrons. The number of hydrogen-bond acceptors (Lipinski definition) is 7. The molecule has 0 aliphatic carbocycles. The predicted molar refractivity (Wildman–Crippen MR) is 118 cm³/mol. The van der Waals surface area contributed by atoms with Crippen LogP contribution in [0.4, 0.5) is 27.6 Å². The molecule has 0 bridgehead atoms. The highest BCUT2D eigenvalue weighted by atomic mass is 32.2. The molecule has 1 N–H and O–H groups in total. The smallest absolute Gasteiger partial charge is 0.314 e. The quantitative estimate of drug-likeness (QED) is 0.447. The molecule has 0 radical (unpaired) electrons. The van der Waals surface area contributed by atoms with Gasteiger partial charge in [-0.05, 0) is 24.3 Å². The minimum atomic E-state index is -4.59. The molecule has 3 aromatic rings. The van der Waals surface area contributed by atoms with E-state index in [-0.39, 0.29) is 35.7 Å². The first-order valence-corrected chi connectivity index (χ1v) is 13.5. The van der Waals surface area contributed by atoms with Crippen molar-refractivity contribution in [2.45, 2.75) is 13.0 Å². The average Bonchev–Trinajstić information content (AvgIpc) is 3.30. The van der Waals surface area contributed by atoms with Gasteiger partial charge in [0.15, 0.2) is 0 Å². The second-order valence-corrected chi connectivity index (χ2v) is 12.1. The Balaban J connectivity index is 1.71. The van der Waals surface area contributed by atoms with Crippen LogP contribution in [0.5, 0.6) is 0 Å². The number of alkyl halides is 2. The van der Waals surface area contributed by atoms with Crippen molar-refractivity contribution in [2.75, 3.05) is 28.9 Å². The molecule has 1 aliphatic rings. The Labute approximate surface area is 202 Å². The largest absolute Gasteiger partial charge is 0.415 e. The third-order valence-electron chi connectivity index (χ3n) is 5.36. The molecular formula is C20H18F5N5O4S2. The number of hydrogen-bond donors (Lipinski definition) is 1. The minimum Gasteiger partial charge on any atom is -0.415 e. The maximum atomic E-state index is 15.0. The lowest BCUT2D eigenvalue weighted by Crippen LogP contribution is -2.50. The van der Waals surface area contributed by atoms with Crippen LogP contribution in [0.25, 0.3) is 11.5 Å². The van der Waals surface area contributed by atoms with Gasteiger partial charge in [-0.25, -0.2) is 17.4 Å². The summed E-state index contributed by atoms with van der Waals surface area (Å²) in [4.78, 5) is 0. The van der Waals surface area contributed by atoms with Gasteiger partial charge in [0.2, 0.25) is 5.89 Å². The molecule has 4 rings (SSSR count). The maximum absolute atomic E-state index is 15.0. The SMILES string of the molecule is N=S1(=O)CCN(S(=O)(=O)N(Cc2ccc(-c3nnc(C(F)F)o3)cc2F)c2cc(F)ccc2F)CC1. The molecular weight excluding hydrogens is 533 g/mol. The second-order valence-electron chi connectivity index (χ2n) is 7.78. The van der Waals surface area contributed by atoms with E-state index in [0.29, 0.717) is 10.4 Å². The van der Waals surface area contributed by atoms with Crippen molar-refractivity contribution in [2.24, 2.45) is 0 Å². The van der Waals surface area contributed by atoms with E-state index in [1.807, 2.05) is 0 Å². The highest BCUT2D eigenvalue weighted by Gasteiger charge is 2.35. The first kappa shape index (κ1) is 26.0.